The van der Waals surface area contributed by atoms with E-state index in [4.69, 9.17) is 17.1 Å². The summed E-state index contributed by atoms with van der Waals surface area (Å²) in [6.45, 7) is 0.554. The highest BCUT2D eigenvalue weighted by Gasteiger charge is 2.02. The van der Waals surface area contributed by atoms with Crippen LogP contribution >= 0.6 is 24.0 Å². The third-order valence-electron chi connectivity index (χ3n) is 1.70. The van der Waals surface area contributed by atoms with Gasteiger partial charge in [-0.25, -0.2) is 5.06 Å². The maximum Gasteiger partial charge on any atom is 0.159 e. The van der Waals surface area contributed by atoms with Crippen molar-refractivity contribution in [2.24, 2.45) is 0 Å². The van der Waals surface area contributed by atoms with Gasteiger partial charge in [-0.3, -0.25) is 4.84 Å². The van der Waals surface area contributed by atoms with E-state index in [0.29, 0.717) is 6.61 Å². The van der Waals surface area contributed by atoms with Crippen molar-refractivity contribution in [2.45, 2.75) is 6.61 Å². The van der Waals surface area contributed by atoms with Gasteiger partial charge in [-0.05, 0) is 11.8 Å². The molecule has 1 aromatic rings. The van der Waals surface area contributed by atoms with Crippen molar-refractivity contribution in [1.82, 2.24) is 5.06 Å². The van der Waals surface area contributed by atoms with Crippen molar-refractivity contribution in [2.75, 3.05) is 13.3 Å². The summed E-state index contributed by atoms with van der Waals surface area (Å²) in [6, 6.07) is 10.0. The van der Waals surface area contributed by atoms with Crippen LogP contribution < -0.4 is 0 Å². The van der Waals surface area contributed by atoms with Crippen molar-refractivity contribution >= 4 is 28.3 Å². The summed E-state index contributed by atoms with van der Waals surface area (Å²) in [5, 5.41) is 1.62. The van der Waals surface area contributed by atoms with Gasteiger partial charge in [0.1, 0.15) is 0 Å². The van der Waals surface area contributed by atoms with Crippen LogP contribution in [0.1, 0.15) is 5.56 Å². The van der Waals surface area contributed by atoms with Crippen LogP contribution in [0.25, 0.3) is 0 Å². The van der Waals surface area contributed by atoms with E-state index in [1.165, 1.54) is 11.8 Å². The maximum atomic E-state index is 5.45. The quantitative estimate of drug-likeness (QED) is 0.581. The molecule has 1 aromatic carbocycles. The van der Waals surface area contributed by atoms with E-state index < -0.39 is 0 Å². The van der Waals surface area contributed by atoms with Crippen LogP contribution in [0.15, 0.2) is 30.3 Å². The highest BCUT2D eigenvalue weighted by atomic mass is 32.2. The van der Waals surface area contributed by atoms with E-state index in [-0.39, 0.29) is 0 Å². The van der Waals surface area contributed by atoms with Crippen molar-refractivity contribution in [3.63, 3.8) is 0 Å². The molecule has 0 aliphatic heterocycles. The van der Waals surface area contributed by atoms with Crippen LogP contribution in [0.5, 0.6) is 0 Å². The highest BCUT2D eigenvalue weighted by molar-refractivity contribution is 8.22. The fourth-order valence-corrected chi connectivity index (χ4v) is 1.29. The van der Waals surface area contributed by atoms with Gasteiger partial charge in [0.25, 0.3) is 0 Å². The van der Waals surface area contributed by atoms with Crippen LogP contribution in [0, 0.1) is 0 Å². The fourth-order valence-electron chi connectivity index (χ4n) is 0.927. The summed E-state index contributed by atoms with van der Waals surface area (Å²) in [4.78, 5) is 5.45. The number of benzene rings is 1. The molecule has 0 atom stereocenters. The predicted octanol–water partition coefficient (Wildman–Crippen LogP) is 2.70. The van der Waals surface area contributed by atoms with Gasteiger partial charge in [0, 0.05) is 7.05 Å². The molecule has 0 fully saturated rings. The Bertz CT molecular complexity index is 289. The molecule has 1 rings (SSSR count). The van der Waals surface area contributed by atoms with E-state index in [1.807, 2.05) is 43.6 Å². The Labute approximate surface area is 94.2 Å². The SMILES string of the molecule is CSC(=S)N(C)OCc1ccccc1. The molecule has 0 saturated heterocycles. The average Bonchev–Trinajstić information content (AvgIpc) is 2.26. The number of nitrogens with zero attached hydrogens (tertiary/aromatic N) is 1. The lowest BCUT2D eigenvalue weighted by atomic mass is 10.2. The van der Waals surface area contributed by atoms with Gasteiger partial charge in [0.15, 0.2) is 4.32 Å². The summed E-state index contributed by atoms with van der Waals surface area (Å²) in [5.41, 5.74) is 1.14. The Balaban J connectivity index is 2.38. The number of rotatable bonds is 3. The zero-order chi connectivity index (χ0) is 10.4. The van der Waals surface area contributed by atoms with Gasteiger partial charge in [-0.1, -0.05) is 54.3 Å². The van der Waals surface area contributed by atoms with E-state index in [9.17, 15) is 0 Å². The topological polar surface area (TPSA) is 12.5 Å². The zero-order valence-electron chi connectivity index (χ0n) is 8.27. The van der Waals surface area contributed by atoms with Crippen molar-refractivity contribution in [3.05, 3.63) is 35.9 Å². The highest BCUT2D eigenvalue weighted by Crippen LogP contribution is 2.06. The lowest BCUT2D eigenvalue weighted by molar-refractivity contribution is -0.0866. The average molecular weight is 227 g/mol. The summed E-state index contributed by atoms with van der Waals surface area (Å²) in [5.74, 6) is 0. The predicted molar refractivity (Wildman–Crippen MR) is 65.1 cm³/mol. The Hall–Kier alpha value is -0.580. The Morgan fingerprint density at radius 3 is 2.64 bits per heavy atom. The molecule has 0 spiro atoms. The minimum absolute atomic E-state index is 0.554. The normalized spacial score (nSPS) is 9.86. The van der Waals surface area contributed by atoms with E-state index in [0.717, 1.165) is 9.88 Å². The first-order valence-electron chi connectivity index (χ1n) is 4.22. The second-order valence-corrected chi connectivity index (χ2v) is 4.17. The van der Waals surface area contributed by atoms with E-state index in [2.05, 4.69) is 0 Å². The molecule has 0 saturated carbocycles. The number of thiocarbonyl (C=S) groups is 1. The molecule has 4 heteroatoms. The molecular formula is C10H13NOS2. The smallest absolute Gasteiger partial charge is 0.159 e. The summed E-state index contributed by atoms with van der Waals surface area (Å²) < 4.78 is 0.737. The van der Waals surface area contributed by atoms with Crippen molar-refractivity contribution in [1.29, 1.82) is 0 Å². The lowest BCUT2D eigenvalue weighted by Crippen LogP contribution is -2.22. The molecule has 2 nitrogen and oxygen atoms in total. The molecule has 0 aliphatic carbocycles. The Morgan fingerprint density at radius 2 is 2.07 bits per heavy atom. The van der Waals surface area contributed by atoms with Crippen LogP contribution in [-0.4, -0.2) is 22.7 Å². The molecule has 14 heavy (non-hydrogen) atoms. The Kier molecular flexibility index (Phi) is 4.93. The first-order valence-corrected chi connectivity index (χ1v) is 5.86. The summed E-state index contributed by atoms with van der Waals surface area (Å²) in [7, 11) is 1.82. The van der Waals surface area contributed by atoms with Gasteiger partial charge >= 0.3 is 0 Å². The molecule has 0 N–H and O–H groups in total. The van der Waals surface area contributed by atoms with Gasteiger partial charge in [-0.2, -0.15) is 0 Å². The maximum absolute atomic E-state index is 5.45. The van der Waals surface area contributed by atoms with Crippen molar-refractivity contribution < 1.29 is 4.84 Å². The number of thioether (sulfide) groups is 1. The molecule has 0 amide bonds. The molecule has 0 unspecified atom stereocenters. The lowest BCUT2D eigenvalue weighted by Gasteiger charge is -2.17. The minimum atomic E-state index is 0.554. The van der Waals surface area contributed by atoms with Crippen LogP contribution in [-0.2, 0) is 11.4 Å². The van der Waals surface area contributed by atoms with Gasteiger partial charge < -0.3 is 0 Å². The standard InChI is InChI=1S/C10H13NOS2/c1-11(10(13)14-2)12-8-9-6-4-3-5-7-9/h3-7H,8H2,1-2H3. The molecule has 0 radical (unpaired) electrons. The largest absolute Gasteiger partial charge is 0.268 e. The first kappa shape index (κ1) is 11.5. The second-order valence-electron chi connectivity index (χ2n) is 2.73. The summed E-state index contributed by atoms with van der Waals surface area (Å²) in [6.07, 6.45) is 1.94. The van der Waals surface area contributed by atoms with Crippen molar-refractivity contribution in [3.8, 4) is 0 Å². The van der Waals surface area contributed by atoms with Crippen LogP contribution in [0.2, 0.25) is 0 Å². The molecule has 76 valence electrons. The Morgan fingerprint density at radius 1 is 1.43 bits per heavy atom. The fraction of sp³-hybridized carbons (Fsp3) is 0.300. The van der Waals surface area contributed by atoms with E-state index in [1.54, 1.807) is 5.06 Å². The molecule has 0 bridgehead atoms. The van der Waals surface area contributed by atoms with Gasteiger partial charge in [-0.15, -0.1) is 0 Å². The molecule has 0 aliphatic rings. The zero-order valence-corrected chi connectivity index (χ0v) is 9.90. The second kappa shape index (κ2) is 6.01. The number of hydroxylamine groups is 2. The third kappa shape index (κ3) is 3.65. The van der Waals surface area contributed by atoms with Gasteiger partial charge in [0.2, 0.25) is 0 Å². The third-order valence-corrected chi connectivity index (χ3v) is 3.06. The minimum Gasteiger partial charge on any atom is -0.268 e. The van der Waals surface area contributed by atoms with E-state index >= 15 is 0 Å². The monoisotopic (exact) mass is 227 g/mol. The number of hydrogen-bond donors (Lipinski definition) is 0. The molecule has 0 heterocycles. The summed E-state index contributed by atoms with van der Waals surface area (Å²) >= 11 is 6.56. The van der Waals surface area contributed by atoms with Crippen LogP contribution in [0.4, 0.5) is 0 Å². The van der Waals surface area contributed by atoms with Gasteiger partial charge in [0.05, 0.1) is 6.61 Å². The first-order chi connectivity index (χ1) is 6.74. The molecular weight excluding hydrogens is 214 g/mol. The number of hydrogen-bond acceptors (Lipinski definition) is 3. The van der Waals surface area contributed by atoms with Crippen LogP contribution in [0.3, 0.4) is 0 Å². The molecule has 0 aromatic heterocycles.